The molecule has 1 aliphatic heterocycles. The summed E-state index contributed by atoms with van der Waals surface area (Å²) in [6.07, 6.45) is -5.56. The summed E-state index contributed by atoms with van der Waals surface area (Å²) in [7, 11) is -16.0. The number of nitrogens with zero attached hydrogens (tertiary/aromatic N) is 3. The molecule has 0 radical (unpaired) electrons. The van der Waals surface area contributed by atoms with Crippen molar-refractivity contribution < 1.29 is 74.2 Å². The normalized spacial score (nSPS) is 22.6. The number of phosphoric ester groups is 1. The van der Waals surface area contributed by atoms with E-state index in [1.54, 1.807) is 18.2 Å². The van der Waals surface area contributed by atoms with Crippen molar-refractivity contribution in [3.8, 4) is 0 Å². The minimum Gasteiger partial charge on any atom is -0.387 e. The van der Waals surface area contributed by atoms with Gasteiger partial charge in [0.2, 0.25) is 11.9 Å². The lowest BCUT2D eigenvalue weighted by molar-refractivity contribution is -0.118. The summed E-state index contributed by atoms with van der Waals surface area (Å²) in [6.45, 7) is -6.24. The standard InChI is InChI=1S/C24H30N7O17P3S2/c25-24-29-21-18(22(35)30-24)28-11-31(21)23-20(34)19(33)15(46-23)9-45-49(36,37)47-50(38,39)48-51(40,41)52-10-17(32)27-8-7-26-14-5-1-4-13-12(14)3-2-6-16(13)53(42,43)44/h1-6,11,15,19-20,23,26,33-34H,7-10H2,(H,27,32)(H,36,37)(H,38,39)(H,40,41)(H,42,43,44)(H3,25,29,30,35)/t15-,19-,20+,23-/m1/s1. The first kappa shape index (κ1) is 40.9. The predicted octanol–water partition coefficient (Wildman–Crippen LogP) is 0.0334. The molecule has 0 spiro atoms. The number of rotatable bonds is 16. The Bertz CT molecular complexity index is 2340. The molecule has 29 heteroatoms. The first-order chi connectivity index (χ1) is 24.7. The zero-order chi connectivity index (χ0) is 38.9. The average molecular weight is 846 g/mol. The quantitative estimate of drug-likeness (QED) is 0.0404. The molecule has 1 fully saturated rings. The molecule has 3 unspecified atom stereocenters. The van der Waals surface area contributed by atoms with Crippen molar-refractivity contribution in [3.63, 3.8) is 0 Å². The van der Waals surface area contributed by atoms with E-state index in [1.807, 2.05) is 0 Å². The topological polar surface area (TPSA) is 374 Å². The molecule has 7 atom stereocenters. The van der Waals surface area contributed by atoms with Crippen molar-refractivity contribution >= 4 is 83.4 Å². The number of fused-ring (bicyclic) bond motifs is 2. The SMILES string of the molecule is Nc1nc2c(ncn2[C@@H]2O[C@H](COP(=O)(O)OP(=O)(O)OP(=O)(O)SCC(=O)NCCNc3cccc4c(S(=O)(=O)O)cccc34)[C@@H](O)[C@@H]2O)c(=O)[nH]1. The van der Waals surface area contributed by atoms with Crippen LogP contribution >= 0.6 is 33.8 Å². The van der Waals surface area contributed by atoms with E-state index in [4.69, 9.17) is 10.5 Å². The van der Waals surface area contributed by atoms with Crippen molar-refractivity contribution in [3.05, 3.63) is 53.1 Å². The number of nitrogen functional groups attached to an aromatic ring is 1. The van der Waals surface area contributed by atoms with Gasteiger partial charge in [-0.2, -0.15) is 22.0 Å². The van der Waals surface area contributed by atoms with E-state index < -0.39 is 80.9 Å². The fraction of sp³-hybridized carbons (Fsp3) is 0.333. The van der Waals surface area contributed by atoms with Gasteiger partial charge in [0, 0.05) is 29.5 Å². The van der Waals surface area contributed by atoms with Crippen LogP contribution in [0, 0.1) is 0 Å². The molecule has 2 aromatic carbocycles. The number of carbonyl (C=O) groups excluding carboxylic acids is 1. The summed E-state index contributed by atoms with van der Waals surface area (Å²) >= 11 is -0.136. The molecule has 1 saturated heterocycles. The highest BCUT2D eigenvalue weighted by atomic mass is 32.7. The van der Waals surface area contributed by atoms with Crippen molar-refractivity contribution in [2.24, 2.45) is 0 Å². The molecule has 4 aromatic rings. The van der Waals surface area contributed by atoms with Crippen LogP contribution in [0.15, 0.2) is 52.4 Å². The van der Waals surface area contributed by atoms with E-state index in [1.165, 1.54) is 18.2 Å². The highest BCUT2D eigenvalue weighted by Crippen LogP contribution is 2.71. The predicted molar refractivity (Wildman–Crippen MR) is 184 cm³/mol. The number of H-pyrrole nitrogens is 1. The Labute approximate surface area is 300 Å². The zero-order valence-corrected chi connectivity index (χ0v) is 30.7. The fourth-order valence-electron chi connectivity index (χ4n) is 4.97. The number of imidazole rings is 1. The number of aliphatic hydroxyl groups excluding tert-OH is 2. The van der Waals surface area contributed by atoms with Crippen molar-refractivity contribution in [2.45, 2.75) is 29.4 Å². The van der Waals surface area contributed by atoms with Crippen molar-refractivity contribution in [2.75, 3.05) is 36.5 Å². The number of anilines is 2. The third kappa shape index (κ3) is 10.1. The lowest BCUT2D eigenvalue weighted by atomic mass is 10.1. The van der Waals surface area contributed by atoms with E-state index in [0.29, 0.717) is 11.1 Å². The number of aromatic amines is 1. The van der Waals surface area contributed by atoms with Gasteiger partial charge in [0.05, 0.1) is 18.7 Å². The van der Waals surface area contributed by atoms with Crippen molar-refractivity contribution in [1.82, 2.24) is 24.8 Å². The first-order valence-corrected chi connectivity index (χ1v) is 22.2. The van der Waals surface area contributed by atoms with Gasteiger partial charge in [0.15, 0.2) is 17.4 Å². The van der Waals surface area contributed by atoms with Gasteiger partial charge in [-0.1, -0.05) is 24.3 Å². The molecule has 0 bridgehead atoms. The number of aliphatic hydroxyl groups is 2. The van der Waals surface area contributed by atoms with E-state index in [0.717, 1.165) is 10.9 Å². The first-order valence-electron chi connectivity index (χ1n) is 14.6. The highest BCUT2D eigenvalue weighted by molar-refractivity contribution is 8.55. The monoisotopic (exact) mass is 845 g/mol. The second kappa shape index (κ2) is 15.8. The van der Waals surface area contributed by atoms with Crippen LogP contribution in [0.4, 0.5) is 11.6 Å². The summed E-state index contributed by atoms with van der Waals surface area (Å²) in [5.74, 6) is -1.93. The third-order valence-corrected chi connectivity index (χ3v) is 14.5. The highest BCUT2D eigenvalue weighted by Gasteiger charge is 2.47. The molecule has 0 saturated carbocycles. The number of hydrogen-bond acceptors (Lipinski definition) is 18. The van der Waals surface area contributed by atoms with Gasteiger partial charge in [0.1, 0.15) is 23.2 Å². The minimum atomic E-state index is -5.85. The molecule has 1 amide bonds. The number of amides is 1. The zero-order valence-electron chi connectivity index (χ0n) is 26.4. The lowest BCUT2D eigenvalue weighted by Gasteiger charge is -2.20. The Hall–Kier alpha value is -3.29. The minimum absolute atomic E-state index is 0.0571. The van der Waals surface area contributed by atoms with Gasteiger partial charge in [-0.3, -0.25) is 28.2 Å². The van der Waals surface area contributed by atoms with Crippen LogP contribution in [-0.2, 0) is 46.5 Å². The molecule has 290 valence electrons. The van der Waals surface area contributed by atoms with Gasteiger partial charge in [-0.05, 0) is 23.5 Å². The summed E-state index contributed by atoms with van der Waals surface area (Å²) in [5.41, 5.74) is 4.96. The summed E-state index contributed by atoms with van der Waals surface area (Å²) < 4.78 is 89.2. The Morgan fingerprint density at radius 3 is 2.45 bits per heavy atom. The number of phosphoric acid groups is 2. The molecule has 5 rings (SSSR count). The van der Waals surface area contributed by atoms with Crippen LogP contribution in [0.1, 0.15) is 6.23 Å². The molecule has 1 aliphatic rings. The molecule has 0 aliphatic carbocycles. The second-order valence-corrected chi connectivity index (χ2v) is 19.3. The van der Waals surface area contributed by atoms with E-state index in [2.05, 4.69) is 38.7 Å². The van der Waals surface area contributed by atoms with Gasteiger partial charge in [0.25, 0.3) is 15.7 Å². The van der Waals surface area contributed by atoms with E-state index in [-0.39, 0.29) is 51.9 Å². The number of ether oxygens (including phenoxy) is 1. The number of nitrogens with one attached hydrogen (secondary N) is 3. The maximum absolute atomic E-state index is 12.4. The maximum atomic E-state index is 12.4. The van der Waals surface area contributed by atoms with Gasteiger partial charge in [-0.15, -0.1) is 0 Å². The van der Waals surface area contributed by atoms with E-state index in [9.17, 15) is 61.1 Å². The fourth-order valence-corrected chi connectivity index (χ4v) is 11.3. The number of carbonyl (C=O) groups is 1. The van der Waals surface area contributed by atoms with Crippen LogP contribution in [0.3, 0.4) is 0 Å². The smallest absolute Gasteiger partial charge is 0.387 e. The number of aromatic nitrogens is 4. The van der Waals surface area contributed by atoms with Crippen LogP contribution in [0.2, 0.25) is 0 Å². The summed E-state index contributed by atoms with van der Waals surface area (Å²) in [4.78, 5) is 63.8. The largest absolute Gasteiger partial charge is 0.488 e. The second-order valence-electron chi connectivity index (χ2n) is 10.9. The third-order valence-electron chi connectivity index (χ3n) is 7.16. The average Bonchev–Trinajstić information content (AvgIpc) is 3.59. The molecule has 3 heterocycles. The number of nitrogens with two attached hydrogens (primary N) is 1. The molecular formula is C24H30N7O17P3S2. The van der Waals surface area contributed by atoms with Crippen LogP contribution in [-0.4, -0.2) is 107 Å². The van der Waals surface area contributed by atoms with Crippen LogP contribution in [0.5, 0.6) is 0 Å². The summed E-state index contributed by atoms with van der Waals surface area (Å²) in [5, 5.41) is 27.0. The maximum Gasteiger partial charge on any atom is 0.488 e. The Balaban J connectivity index is 1.08. The molecule has 2 aromatic heterocycles. The summed E-state index contributed by atoms with van der Waals surface area (Å²) in [6, 6.07) is 8.92. The lowest BCUT2D eigenvalue weighted by Crippen LogP contribution is -2.33. The van der Waals surface area contributed by atoms with Gasteiger partial charge in [-0.25, -0.2) is 18.7 Å². The Kier molecular flexibility index (Phi) is 12.2. The van der Waals surface area contributed by atoms with Crippen molar-refractivity contribution in [1.29, 1.82) is 0 Å². The van der Waals surface area contributed by atoms with Gasteiger partial charge < -0.3 is 46.0 Å². The number of benzene rings is 2. The van der Waals surface area contributed by atoms with E-state index >= 15 is 0 Å². The Morgan fingerprint density at radius 2 is 1.74 bits per heavy atom. The van der Waals surface area contributed by atoms with Crippen LogP contribution < -0.4 is 21.9 Å². The Morgan fingerprint density at radius 1 is 1.04 bits per heavy atom. The number of hydrogen-bond donors (Lipinski definition) is 10. The molecular weight excluding hydrogens is 815 g/mol. The molecule has 53 heavy (non-hydrogen) atoms. The molecule has 24 nitrogen and oxygen atoms in total. The van der Waals surface area contributed by atoms with Crippen LogP contribution in [0.25, 0.3) is 21.9 Å². The molecule has 11 N–H and O–H groups in total. The van der Waals surface area contributed by atoms with Gasteiger partial charge >= 0.3 is 22.4 Å².